The van der Waals surface area contributed by atoms with Crippen LogP contribution in [0.2, 0.25) is 0 Å². The Morgan fingerprint density at radius 3 is 2.88 bits per heavy atom. The highest BCUT2D eigenvalue weighted by Gasteiger charge is 2.17. The third-order valence-corrected chi connectivity index (χ3v) is 3.34. The van der Waals surface area contributed by atoms with Crippen molar-refractivity contribution in [1.82, 2.24) is 4.98 Å². The van der Waals surface area contributed by atoms with E-state index < -0.39 is 5.97 Å². The van der Waals surface area contributed by atoms with Gasteiger partial charge in [0.2, 0.25) is 0 Å². The molecule has 0 aliphatic rings. The van der Waals surface area contributed by atoms with Gasteiger partial charge in [-0.3, -0.25) is 0 Å². The lowest BCUT2D eigenvalue weighted by Crippen LogP contribution is -2.03. The fourth-order valence-electron chi connectivity index (χ4n) is 1.56. The normalized spacial score (nSPS) is 10.5. The molecule has 0 amide bonds. The quantitative estimate of drug-likeness (QED) is 0.608. The molecule has 0 fully saturated rings. The maximum absolute atomic E-state index is 13.6. The van der Waals surface area contributed by atoms with Crippen LogP contribution in [0.1, 0.15) is 10.6 Å². The first-order chi connectivity index (χ1) is 8.04. The van der Waals surface area contributed by atoms with Gasteiger partial charge >= 0.3 is 5.97 Å². The van der Waals surface area contributed by atoms with E-state index in [1.54, 1.807) is 6.92 Å². The van der Waals surface area contributed by atoms with Gasteiger partial charge in [-0.25, -0.2) is 14.2 Å². The van der Waals surface area contributed by atoms with Gasteiger partial charge in [-0.05, 0) is 19.1 Å². The van der Waals surface area contributed by atoms with Crippen molar-refractivity contribution in [3.05, 3.63) is 35.1 Å². The number of rotatable bonds is 2. The average molecular weight is 251 g/mol. The van der Waals surface area contributed by atoms with Gasteiger partial charge in [-0.2, -0.15) is 0 Å². The van der Waals surface area contributed by atoms with Crippen molar-refractivity contribution in [1.29, 1.82) is 0 Å². The molecule has 0 saturated heterocycles. The minimum absolute atomic E-state index is 0.183. The Labute approximate surface area is 102 Å². The molecule has 2 rings (SSSR count). The predicted molar refractivity (Wildman–Crippen MR) is 65.4 cm³/mol. The van der Waals surface area contributed by atoms with Gasteiger partial charge < -0.3 is 4.74 Å². The van der Waals surface area contributed by atoms with Gasteiger partial charge in [0.1, 0.15) is 5.82 Å². The maximum Gasteiger partial charge on any atom is 0.337 e. The number of carbonyl (C=O) groups is 1. The molecule has 17 heavy (non-hydrogen) atoms. The maximum atomic E-state index is 13.6. The van der Waals surface area contributed by atoms with E-state index in [2.05, 4.69) is 16.3 Å². The Morgan fingerprint density at radius 2 is 2.24 bits per heavy atom. The molecule has 0 saturated carbocycles. The molecule has 0 radical (unpaired) electrons. The van der Waals surface area contributed by atoms with E-state index in [-0.39, 0.29) is 11.4 Å². The number of benzene rings is 1. The number of aromatic nitrogens is 1. The predicted octanol–water partition coefficient (Wildman–Crippen LogP) is 2.93. The fourth-order valence-corrected chi connectivity index (χ4v) is 2.41. The Balaban J connectivity index is 2.66. The van der Waals surface area contributed by atoms with Gasteiger partial charge in [0.15, 0.2) is 0 Å². The van der Waals surface area contributed by atoms with E-state index >= 15 is 0 Å². The standard InChI is InChI=1S/C12H10FNO2S/c1-6(12(15)16-3)8-4-5-9(13)11-10(8)14-7(2)17-11/h4-5H,1H2,2-3H3. The van der Waals surface area contributed by atoms with Gasteiger partial charge in [0.05, 0.1) is 27.9 Å². The van der Waals surface area contributed by atoms with E-state index in [1.165, 1.54) is 30.6 Å². The summed E-state index contributed by atoms with van der Waals surface area (Å²) >= 11 is 1.25. The van der Waals surface area contributed by atoms with Crippen LogP contribution in [0.25, 0.3) is 15.8 Å². The summed E-state index contributed by atoms with van der Waals surface area (Å²) in [6.07, 6.45) is 0. The minimum atomic E-state index is -0.538. The molecular weight excluding hydrogens is 241 g/mol. The molecule has 1 aromatic heterocycles. The Bertz CT molecular complexity index is 618. The van der Waals surface area contributed by atoms with Gasteiger partial charge in [0, 0.05) is 5.56 Å². The molecule has 5 heteroatoms. The van der Waals surface area contributed by atoms with Gasteiger partial charge in [-0.15, -0.1) is 11.3 Å². The molecule has 0 unspecified atom stereocenters. The number of hydrogen-bond donors (Lipinski definition) is 0. The topological polar surface area (TPSA) is 39.2 Å². The van der Waals surface area contributed by atoms with E-state index in [1.807, 2.05) is 0 Å². The first kappa shape index (κ1) is 11.7. The number of nitrogens with zero attached hydrogens (tertiary/aromatic N) is 1. The number of halogens is 1. The number of methoxy groups -OCH3 is 1. The Morgan fingerprint density at radius 1 is 1.53 bits per heavy atom. The van der Waals surface area contributed by atoms with E-state index in [0.29, 0.717) is 15.8 Å². The third kappa shape index (κ3) is 1.93. The molecule has 0 aliphatic heterocycles. The minimum Gasteiger partial charge on any atom is -0.465 e. The van der Waals surface area contributed by atoms with Crippen LogP contribution in [0.3, 0.4) is 0 Å². The van der Waals surface area contributed by atoms with E-state index in [4.69, 9.17) is 0 Å². The van der Waals surface area contributed by atoms with Gasteiger partial charge in [-0.1, -0.05) is 6.58 Å². The number of fused-ring (bicyclic) bond motifs is 1. The number of hydrogen-bond acceptors (Lipinski definition) is 4. The summed E-state index contributed by atoms with van der Waals surface area (Å²) in [6.45, 7) is 5.44. The fraction of sp³-hybridized carbons (Fsp3) is 0.167. The molecule has 2 aromatic rings. The average Bonchev–Trinajstić information content (AvgIpc) is 2.70. The van der Waals surface area contributed by atoms with E-state index in [0.717, 1.165) is 5.01 Å². The molecular formula is C12H10FNO2S. The lowest BCUT2D eigenvalue weighted by Gasteiger charge is -2.04. The lowest BCUT2D eigenvalue weighted by molar-refractivity contribution is -0.133. The zero-order chi connectivity index (χ0) is 12.6. The first-order valence-corrected chi connectivity index (χ1v) is 5.69. The zero-order valence-electron chi connectivity index (χ0n) is 9.41. The molecule has 0 spiro atoms. The monoisotopic (exact) mass is 251 g/mol. The number of aryl methyl sites for hydroxylation is 1. The third-order valence-electron chi connectivity index (χ3n) is 2.36. The first-order valence-electron chi connectivity index (χ1n) is 4.88. The molecule has 0 aliphatic carbocycles. The van der Waals surface area contributed by atoms with Crippen molar-refractivity contribution in [2.75, 3.05) is 7.11 Å². The van der Waals surface area contributed by atoms with Gasteiger partial charge in [0.25, 0.3) is 0 Å². The summed E-state index contributed by atoms with van der Waals surface area (Å²) in [6, 6.07) is 2.81. The van der Waals surface area contributed by atoms with Crippen LogP contribution < -0.4 is 0 Å². The smallest absolute Gasteiger partial charge is 0.337 e. The number of carbonyl (C=O) groups excluding carboxylic acids is 1. The largest absolute Gasteiger partial charge is 0.465 e. The summed E-state index contributed by atoms with van der Waals surface area (Å²) in [7, 11) is 1.28. The van der Waals surface area contributed by atoms with Crippen LogP contribution in [-0.2, 0) is 9.53 Å². The molecule has 3 nitrogen and oxygen atoms in total. The second kappa shape index (κ2) is 4.25. The molecule has 1 heterocycles. The molecule has 0 bridgehead atoms. The van der Waals surface area contributed by atoms with E-state index in [9.17, 15) is 9.18 Å². The number of thiazole rings is 1. The highest BCUT2D eigenvalue weighted by atomic mass is 32.1. The second-order valence-corrected chi connectivity index (χ2v) is 4.68. The molecule has 1 aromatic carbocycles. The summed E-state index contributed by atoms with van der Waals surface area (Å²) in [5.74, 6) is -0.879. The zero-order valence-corrected chi connectivity index (χ0v) is 10.2. The Kier molecular flexibility index (Phi) is 2.93. The van der Waals surface area contributed by atoms with Crippen LogP contribution in [0.4, 0.5) is 4.39 Å². The molecule has 88 valence electrons. The van der Waals surface area contributed by atoms with Crippen molar-refractivity contribution in [2.45, 2.75) is 6.92 Å². The summed E-state index contributed by atoms with van der Waals surface area (Å²) < 4.78 is 18.6. The summed E-state index contributed by atoms with van der Waals surface area (Å²) in [4.78, 5) is 15.6. The summed E-state index contributed by atoms with van der Waals surface area (Å²) in [5, 5.41) is 0.740. The van der Waals surface area contributed by atoms with Crippen molar-refractivity contribution in [3.8, 4) is 0 Å². The second-order valence-electron chi connectivity index (χ2n) is 3.48. The highest BCUT2D eigenvalue weighted by molar-refractivity contribution is 7.18. The van der Waals surface area contributed by atoms with Crippen LogP contribution in [0, 0.1) is 12.7 Å². The van der Waals surface area contributed by atoms with Crippen LogP contribution in [0.5, 0.6) is 0 Å². The highest BCUT2D eigenvalue weighted by Crippen LogP contribution is 2.30. The number of ether oxygens (including phenoxy) is 1. The lowest BCUT2D eigenvalue weighted by atomic mass is 10.1. The van der Waals surface area contributed by atoms with Crippen LogP contribution in [0.15, 0.2) is 18.7 Å². The van der Waals surface area contributed by atoms with Crippen molar-refractivity contribution >= 4 is 33.1 Å². The van der Waals surface area contributed by atoms with Crippen molar-refractivity contribution in [2.24, 2.45) is 0 Å². The van der Waals surface area contributed by atoms with Crippen LogP contribution in [-0.4, -0.2) is 18.1 Å². The summed E-state index contributed by atoms with van der Waals surface area (Å²) in [5.41, 5.74) is 1.16. The molecule has 0 atom stereocenters. The van der Waals surface area contributed by atoms with Crippen LogP contribution >= 0.6 is 11.3 Å². The Hall–Kier alpha value is -1.75. The number of esters is 1. The molecule has 0 N–H and O–H groups in total. The van der Waals surface area contributed by atoms with Crippen molar-refractivity contribution < 1.29 is 13.9 Å². The SMILES string of the molecule is C=C(C(=O)OC)c1ccc(F)c2sc(C)nc12. The van der Waals surface area contributed by atoms with Crippen molar-refractivity contribution in [3.63, 3.8) is 0 Å².